The highest BCUT2D eigenvalue weighted by Gasteiger charge is 2.34. The maximum absolute atomic E-state index is 12.3. The number of hydrogen-bond donors (Lipinski definition) is 1. The van der Waals surface area contributed by atoms with Gasteiger partial charge in [0.2, 0.25) is 5.13 Å². The van der Waals surface area contributed by atoms with Crippen LogP contribution in [0.15, 0.2) is 28.6 Å². The van der Waals surface area contributed by atoms with E-state index in [-0.39, 0.29) is 17.9 Å². The second-order valence-electron chi connectivity index (χ2n) is 6.40. The number of carbonyl (C=O) groups excluding carboxylic acids is 2. The number of hydrogen-bond acceptors (Lipinski definition) is 8. The fourth-order valence-electron chi connectivity index (χ4n) is 3.17. The summed E-state index contributed by atoms with van der Waals surface area (Å²) in [7, 11) is 0. The summed E-state index contributed by atoms with van der Waals surface area (Å²) in [5.41, 5.74) is 1.00. The minimum absolute atomic E-state index is 0.197. The number of aromatic nitrogens is 2. The molecule has 2 aliphatic heterocycles. The number of anilines is 1. The lowest BCUT2D eigenvalue weighted by Crippen LogP contribution is -2.30. The molecule has 3 heterocycles. The number of nitrogens with zero attached hydrogens (tertiary/aromatic N) is 3. The Morgan fingerprint density at radius 3 is 2.70 bits per heavy atom. The molecular formula is C18H20N4O3S2. The van der Waals surface area contributed by atoms with Crippen molar-refractivity contribution in [1.82, 2.24) is 15.1 Å². The average molecular weight is 405 g/mol. The van der Waals surface area contributed by atoms with E-state index in [4.69, 9.17) is 4.74 Å². The Balaban J connectivity index is 1.21. The second-order valence-corrected chi connectivity index (χ2v) is 8.72. The zero-order valence-corrected chi connectivity index (χ0v) is 16.4. The smallest absolute Gasteiger partial charge is 0.261 e. The van der Waals surface area contributed by atoms with Crippen LogP contribution in [0.1, 0.15) is 40.0 Å². The molecule has 0 bridgehead atoms. The molecule has 1 fully saturated rings. The first kappa shape index (κ1) is 18.4. The van der Waals surface area contributed by atoms with E-state index in [0.29, 0.717) is 24.1 Å². The van der Waals surface area contributed by atoms with Crippen molar-refractivity contribution < 1.29 is 14.3 Å². The van der Waals surface area contributed by atoms with E-state index >= 15 is 0 Å². The summed E-state index contributed by atoms with van der Waals surface area (Å²) in [5, 5.41) is 12.4. The summed E-state index contributed by atoms with van der Waals surface area (Å²) in [6.07, 6.45) is 3.20. The van der Waals surface area contributed by atoms with Gasteiger partial charge >= 0.3 is 0 Å². The topological polar surface area (TPSA) is 84.4 Å². The maximum atomic E-state index is 12.3. The number of carbonyl (C=O) groups is 2. The number of fused-ring (bicyclic) bond motifs is 1. The summed E-state index contributed by atoms with van der Waals surface area (Å²) in [6, 6.07) is 6.97. The maximum Gasteiger partial charge on any atom is 0.261 e. The van der Waals surface area contributed by atoms with E-state index in [1.165, 1.54) is 16.2 Å². The molecule has 9 heteroatoms. The molecule has 1 unspecified atom stereocenters. The number of ether oxygens (including phenoxy) is 1. The largest absolute Gasteiger partial charge is 0.376 e. The average Bonchev–Trinajstić information content (AvgIpc) is 3.41. The first-order valence-electron chi connectivity index (χ1n) is 8.99. The van der Waals surface area contributed by atoms with Crippen LogP contribution in [-0.2, 0) is 4.74 Å². The molecule has 0 spiro atoms. The summed E-state index contributed by atoms with van der Waals surface area (Å²) < 4.78 is 6.46. The number of nitrogens with one attached hydrogen (secondary N) is 1. The van der Waals surface area contributed by atoms with Crippen LogP contribution in [0.3, 0.4) is 0 Å². The van der Waals surface area contributed by atoms with Crippen LogP contribution in [0, 0.1) is 0 Å². The molecule has 1 aromatic carbocycles. The lowest BCUT2D eigenvalue weighted by atomic mass is 10.1. The van der Waals surface area contributed by atoms with Crippen LogP contribution in [-0.4, -0.2) is 58.5 Å². The van der Waals surface area contributed by atoms with E-state index < -0.39 is 0 Å². The van der Waals surface area contributed by atoms with Crippen molar-refractivity contribution in [3.8, 4) is 0 Å². The molecule has 2 amide bonds. The fourth-order valence-corrected chi connectivity index (χ4v) is 4.92. The molecule has 2 aliphatic rings. The van der Waals surface area contributed by atoms with Crippen LogP contribution in [0.5, 0.6) is 0 Å². The third-order valence-corrected chi connectivity index (χ3v) is 6.64. The minimum atomic E-state index is -0.197. The molecule has 2 aromatic rings. The molecule has 27 heavy (non-hydrogen) atoms. The quantitative estimate of drug-likeness (QED) is 0.411. The minimum Gasteiger partial charge on any atom is -0.376 e. The van der Waals surface area contributed by atoms with Crippen molar-refractivity contribution in [2.75, 3.05) is 30.8 Å². The van der Waals surface area contributed by atoms with Gasteiger partial charge in [0.05, 0.1) is 17.2 Å². The van der Waals surface area contributed by atoms with E-state index in [9.17, 15) is 9.59 Å². The number of benzene rings is 1. The number of imide groups is 1. The third-order valence-electron chi connectivity index (χ3n) is 4.54. The van der Waals surface area contributed by atoms with Gasteiger partial charge in [-0.05, 0) is 31.4 Å². The Kier molecular flexibility index (Phi) is 5.70. The molecule has 1 saturated heterocycles. The van der Waals surface area contributed by atoms with Gasteiger partial charge in [-0.3, -0.25) is 14.5 Å². The second kappa shape index (κ2) is 8.37. The van der Waals surface area contributed by atoms with Gasteiger partial charge in [-0.25, -0.2) is 0 Å². The van der Waals surface area contributed by atoms with Crippen molar-refractivity contribution in [3.05, 3.63) is 35.4 Å². The Labute approximate surface area is 165 Å². The van der Waals surface area contributed by atoms with E-state index in [1.54, 1.807) is 36.0 Å². The van der Waals surface area contributed by atoms with E-state index in [1.807, 2.05) is 0 Å². The highest BCUT2D eigenvalue weighted by Crippen LogP contribution is 2.27. The van der Waals surface area contributed by atoms with Gasteiger partial charge in [-0.2, -0.15) is 0 Å². The first-order valence-corrected chi connectivity index (χ1v) is 10.8. The first-order chi connectivity index (χ1) is 13.2. The van der Waals surface area contributed by atoms with Gasteiger partial charge in [0.1, 0.15) is 0 Å². The van der Waals surface area contributed by atoms with Crippen molar-refractivity contribution in [1.29, 1.82) is 0 Å². The standard InChI is InChI=1S/C18H20N4O3S2/c23-15-13-6-1-2-7-14(13)16(24)22(15)8-4-10-26-18-21-20-17(27-18)19-11-12-5-3-9-25-12/h1-2,6-7,12H,3-5,8-11H2,(H,19,20). The molecule has 1 N–H and O–H groups in total. The summed E-state index contributed by atoms with van der Waals surface area (Å²) in [6.45, 7) is 2.03. The van der Waals surface area contributed by atoms with Crippen LogP contribution in [0.25, 0.3) is 0 Å². The van der Waals surface area contributed by atoms with Gasteiger partial charge < -0.3 is 10.1 Å². The van der Waals surface area contributed by atoms with Gasteiger partial charge in [-0.15, -0.1) is 10.2 Å². The molecule has 4 rings (SSSR count). The summed E-state index contributed by atoms with van der Waals surface area (Å²) >= 11 is 3.11. The van der Waals surface area contributed by atoms with Crippen molar-refractivity contribution >= 4 is 40.0 Å². The normalized spacial score (nSPS) is 19.0. The monoisotopic (exact) mass is 404 g/mol. The molecular weight excluding hydrogens is 384 g/mol. The Morgan fingerprint density at radius 2 is 2.00 bits per heavy atom. The molecule has 0 radical (unpaired) electrons. The zero-order chi connectivity index (χ0) is 18.6. The van der Waals surface area contributed by atoms with Crippen molar-refractivity contribution in [2.24, 2.45) is 0 Å². The zero-order valence-electron chi connectivity index (χ0n) is 14.7. The third kappa shape index (κ3) is 4.15. The summed E-state index contributed by atoms with van der Waals surface area (Å²) in [4.78, 5) is 26.0. The highest BCUT2D eigenvalue weighted by molar-refractivity contribution is 8.01. The lowest BCUT2D eigenvalue weighted by molar-refractivity contribution is 0.0655. The predicted molar refractivity (Wildman–Crippen MR) is 105 cm³/mol. The van der Waals surface area contributed by atoms with Crippen LogP contribution < -0.4 is 5.32 Å². The number of rotatable bonds is 8. The Bertz CT molecular complexity index is 801. The number of thioether (sulfide) groups is 1. The Hall–Kier alpha value is -1.97. The molecule has 7 nitrogen and oxygen atoms in total. The van der Waals surface area contributed by atoms with Gasteiger partial charge in [0, 0.05) is 25.4 Å². The molecule has 142 valence electrons. The molecule has 1 aromatic heterocycles. The fraction of sp³-hybridized carbons (Fsp3) is 0.444. The lowest BCUT2D eigenvalue weighted by Gasteiger charge is -2.12. The van der Waals surface area contributed by atoms with Gasteiger partial charge in [0.25, 0.3) is 11.8 Å². The SMILES string of the molecule is O=C1c2ccccc2C(=O)N1CCCSc1nnc(NCC2CCCO2)s1. The van der Waals surface area contributed by atoms with Gasteiger partial charge in [-0.1, -0.05) is 35.2 Å². The van der Waals surface area contributed by atoms with E-state index in [0.717, 1.165) is 41.2 Å². The highest BCUT2D eigenvalue weighted by atomic mass is 32.2. The predicted octanol–water partition coefficient (Wildman–Crippen LogP) is 2.91. The molecule has 0 aliphatic carbocycles. The van der Waals surface area contributed by atoms with Crippen LogP contribution >= 0.6 is 23.1 Å². The van der Waals surface area contributed by atoms with Crippen molar-refractivity contribution in [3.63, 3.8) is 0 Å². The molecule has 0 saturated carbocycles. The Morgan fingerprint density at radius 1 is 1.22 bits per heavy atom. The summed E-state index contributed by atoms with van der Waals surface area (Å²) in [5.74, 6) is 0.377. The van der Waals surface area contributed by atoms with Crippen LogP contribution in [0.2, 0.25) is 0 Å². The van der Waals surface area contributed by atoms with Gasteiger partial charge in [0.15, 0.2) is 4.34 Å². The van der Waals surface area contributed by atoms with E-state index in [2.05, 4.69) is 15.5 Å². The van der Waals surface area contributed by atoms with Crippen molar-refractivity contribution in [2.45, 2.75) is 29.7 Å². The molecule has 1 atom stereocenters. The number of amides is 2. The van der Waals surface area contributed by atoms with Crippen LogP contribution in [0.4, 0.5) is 5.13 Å².